The molecule has 2 aliphatic heterocycles. The fourth-order valence-corrected chi connectivity index (χ4v) is 12.5. The minimum atomic E-state index is -0.689. The number of anilines is 4. The van der Waals surface area contributed by atoms with E-state index in [0.717, 1.165) is 51.2 Å². The lowest BCUT2D eigenvalue weighted by Crippen LogP contribution is -2.55. The maximum absolute atomic E-state index is 7.31. The molecule has 0 saturated heterocycles. The summed E-state index contributed by atoms with van der Waals surface area (Å²) >= 11 is 0. The molecule has 0 fully saturated rings. The van der Waals surface area contributed by atoms with Crippen LogP contribution in [0.1, 0.15) is 202 Å². The number of benzene rings is 6. The highest BCUT2D eigenvalue weighted by atomic mass is 16.5. The molecule has 0 saturated carbocycles. The highest BCUT2D eigenvalue weighted by Gasteiger charge is 2.62. The fraction of sp³-hybridized carbons (Fsp3) is 0.400. The van der Waals surface area contributed by atoms with Crippen LogP contribution >= 0.6 is 0 Å². The highest BCUT2D eigenvalue weighted by Crippen LogP contribution is 2.63. The summed E-state index contributed by atoms with van der Waals surface area (Å²) in [6.45, 7) is 46.2. The maximum Gasteiger partial charge on any atom is 0.137 e. The molecule has 0 amide bonds. The number of pyridine rings is 1. The van der Waals surface area contributed by atoms with Crippen molar-refractivity contribution >= 4 is 28.7 Å². The molecule has 3 heterocycles. The minimum Gasteiger partial charge on any atom is -0.457 e. The van der Waals surface area contributed by atoms with E-state index in [2.05, 4.69) is 264 Å². The van der Waals surface area contributed by atoms with Gasteiger partial charge in [0.15, 0.2) is 0 Å². The molecule has 5 nitrogen and oxygen atoms in total. The van der Waals surface area contributed by atoms with Crippen molar-refractivity contribution in [2.24, 2.45) is 4.99 Å². The van der Waals surface area contributed by atoms with Crippen LogP contribution in [0, 0.1) is 20.8 Å². The topological polar surface area (TPSA) is 41.0 Å². The van der Waals surface area contributed by atoms with Gasteiger partial charge in [-0.2, -0.15) is 0 Å². The number of aliphatic imine (C=N–C) groups is 1. The third-order valence-corrected chi connectivity index (χ3v) is 17.3. The molecule has 10 rings (SSSR count). The third kappa shape index (κ3) is 8.34. The summed E-state index contributed by atoms with van der Waals surface area (Å²) in [7, 11) is 0. The number of amidine groups is 1. The SMILES string of the molecule is Cc1cc(Oc2cc3c(cc2C)C(C)(C)c2cc(C)ccc2N3c2cc(C(C)(C)C)ccn2)cc(C2=N[C@]3(C)c4ccc(C(C)(C)C)cc4-c4cc(C(C)(C)C)ccc4[C@]3(C)N2c2c(C(C)C)cccc2C(C)C)c1. The Morgan fingerprint density at radius 3 is 1.71 bits per heavy atom. The van der Waals surface area contributed by atoms with Gasteiger partial charge < -0.3 is 9.64 Å². The van der Waals surface area contributed by atoms with Crippen molar-refractivity contribution < 1.29 is 4.74 Å². The smallest absolute Gasteiger partial charge is 0.137 e. The first-order chi connectivity index (χ1) is 34.9. The average molecular weight is 995 g/mol. The molecule has 7 aromatic rings. The lowest BCUT2D eigenvalue weighted by atomic mass is 9.62. The summed E-state index contributed by atoms with van der Waals surface area (Å²) in [5, 5.41) is 0. The van der Waals surface area contributed by atoms with Crippen molar-refractivity contribution in [1.29, 1.82) is 0 Å². The Morgan fingerprint density at radius 1 is 0.533 bits per heavy atom. The van der Waals surface area contributed by atoms with Crippen molar-refractivity contribution in [3.8, 4) is 22.6 Å². The molecule has 1 aromatic heterocycles. The molecule has 388 valence electrons. The quantitative estimate of drug-likeness (QED) is 0.160. The average Bonchev–Trinajstić information content (AvgIpc) is 3.59. The summed E-state index contributed by atoms with van der Waals surface area (Å²) in [6.07, 6.45) is 1.96. The molecule has 0 bridgehead atoms. The Morgan fingerprint density at radius 2 is 1.11 bits per heavy atom. The lowest BCUT2D eigenvalue weighted by Gasteiger charge is -2.51. The molecule has 3 aliphatic rings. The van der Waals surface area contributed by atoms with Crippen LogP contribution < -0.4 is 14.5 Å². The number of rotatable bonds is 7. The Kier molecular flexibility index (Phi) is 12.2. The monoisotopic (exact) mass is 995 g/mol. The van der Waals surface area contributed by atoms with Gasteiger partial charge in [0.25, 0.3) is 0 Å². The van der Waals surface area contributed by atoms with Crippen LogP contribution in [0.15, 0.2) is 126 Å². The van der Waals surface area contributed by atoms with Gasteiger partial charge in [0.1, 0.15) is 28.7 Å². The van der Waals surface area contributed by atoms with Gasteiger partial charge in [-0.3, -0.25) is 9.89 Å². The summed E-state index contributed by atoms with van der Waals surface area (Å²) < 4.78 is 7.31. The van der Waals surface area contributed by atoms with Crippen LogP contribution in [-0.2, 0) is 32.7 Å². The van der Waals surface area contributed by atoms with Gasteiger partial charge >= 0.3 is 0 Å². The lowest BCUT2D eigenvalue weighted by molar-refractivity contribution is 0.292. The minimum absolute atomic E-state index is 0.0301. The fourth-order valence-electron chi connectivity index (χ4n) is 12.5. The largest absolute Gasteiger partial charge is 0.457 e. The summed E-state index contributed by atoms with van der Waals surface area (Å²) in [5.41, 5.74) is 20.4. The van der Waals surface area contributed by atoms with Crippen molar-refractivity contribution in [2.45, 2.75) is 183 Å². The molecule has 1 aliphatic carbocycles. The van der Waals surface area contributed by atoms with E-state index in [-0.39, 0.29) is 33.5 Å². The summed E-state index contributed by atoms with van der Waals surface area (Å²) in [5.74, 6) is 3.96. The van der Waals surface area contributed by atoms with Crippen molar-refractivity contribution in [2.75, 3.05) is 9.80 Å². The molecule has 0 spiro atoms. The highest BCUT2D eigenvalue weighted by molar-refractivity contribution is 6.15. The van der Waals surface area contributed by atoms with E-state index in [4.69, 9.17) is 14.7 Å². The van der Waals surface area contributed by atoms with Crippen molar-refractivity contribution in [1.82, 2.24) is 4.98 Å². The second-order valence-electron chi connectivity index (χ2n) is 26.9. The van der Waals surface area contributed by atoms with Crippen LogP contribution in [0.5, 0.6) is 11.5 Å². The first kappa shape index (κ1) is 52.0. The van der Waals surface area contributed by atoms with E-state index in [1.807, 2.05) is 6.20 Å². The molecule has 6 aromatic carbocycles. The molecule has 75 heavy (non-hydrogen) atoms. The normalized spacial score (nSPS) is 18.9. The summed E-state index contributed by atoms with van der Waals surface area (Å²) in [4.78, 5) is 16.3. The zero-order valence-electron chi connectivity index (χ0n) is 48.9. The number of para-hydroxylation sites is 1. The molecule has 0 N–H and O–H groups in total. The number of hydrogen-bond acceptors (Lipinski definition) is 5. The molecule has 0 radical (unpaired) electrons. The van der Waals surface area contributed by atoms with Gasteiger partial charge in [-0.25, -0.2) is 4.98 Å². The maximum atomic E-state index is 7.31. The van der Waals surface area contributed by atoms with Crippen LogP contribution in [0.3, 0.4) is 0 Å². The van der Waals surface area contributed by atoms with Crippen molar-refractivity contribution in [3.05, 3.63) is 194 Å². The second kappa shape index (κ2) is 17.5. The predicted octanol–water partition coefficient (Wildman–Crippen LogP) is 19.1. The Balaban J connectivity index is 1.19. The van der Waals surface area contributed by atoms with Gasteiger partial charge in [0.2, 0.25) is 0 Å². The van der Waals surface area contributed by atoms with Gasteiger partial charge in [0, 0.05) is 23.2 Å². The van der Waals surface area contributed by atoms with Gasteiger partial charge in [-0.15, -0.1) is 0 Å². The van der Waals surface area contributed by atoms with Crippen LogP contribution in [-0.4, -0.2) is 10.8 Å². The number of fused-ring (bicyclic) bond motifs is 8. The van der Waals surface area contributed by atoms with E-state index in [9.17, 15) is 0 Å². The van der Waals surface area contributed by atoms with E-state index in [1.54, 1.807) is 0 Å². The molecular formula is C70H82N4O. The van der Waals surface area contributed by atoms with Gasteiger partial charge in [-0.1, -0.05) is 176 Å². The molecular weight excluding hydrogens is 913 g/mol. The number of ether oxygens (including phenoxy) is 1. The number of aryl methyl sites for hydroxylation is 3. The molecule has 5 heteroatoms. The summed E-state index contributed by atoms with van der Waals surface area (Å²) in [6, 6.07) is 44.1. The zero-order valence-corrected chi connectivity index (χ0v) is 48.9. The number of aromatic nitrogens is 1. The standard InChI is InChI=1S/C70H82N4O/c1-41(2)51-22-21-23-52(42(3)4)63(51)74-64(72-69(19)55-27-25-47(65(8,9)10)37-53(55)54-38-48(66(11,12)13)26-28-56(54)70(69,74)20)46-32-44(6)33-50(36-46)75-61-40-60-58(35-45(61)7)68(17,18)57-34-43(5)24-29-59(57)73(60)62-39-49(30-31-71-62)67(14,15)16/h21-42H,1-20H3/t69-,70+/m1/s1. The van der Waals surface area contributed by atoms with E-state index < -0.39 is 11.1 Å². The number of nitrogens with zero attached hydrogens (tertiary/aromatic N) is 4. The van der Waals surface area contributed by atoms with E-state index >= 15 is 0 Å². The van der Waals surface area contributed by atoms with Crippen LogP contribution in [0.25, 0.3) is 11.1 Å². The third-order valence-electron chi connectivity index (χ3n) is 17.3. The van der Waals surface area contributed by atoms with E-state index in [0.29, 0.717) is 0 Å². The van der Waals surface area contributed by atoms with Gasteiger partial charge in [0.05, 0.1) is 22.6 Å². The zero-order chi connectivity index (χ0) is 54.3. The Bertz CT molecular complexity index is 3450. The van der Waals surface area contributed by atoms with E-state index in [1.165, 1.54) is 72.4 Å². The molecule has 0 unspecified atom stereocenters. The van der Waals surface area contributed by atoms with Crippen LogP contribution in [0.2, 0.25) is 0 Å². The van der Waals surface area contributed by atoms with Gasteiger partial charge in [-0.05, 0) is 177 Å². The van der Waals surface area contributed by atoms with Crippen LogP contribution in [0.4, 0.5) is 22.9 Å². The second-order valence-corrected chi connectivity index (χ2v) is 26.9. The number of hydrogen-bond donors (Lipinski definition) is 0. The Hall–Kier alpha value is -6.46. The Labute approximate surface area is 450 Å². The first-order valence-corrected chi connectivity index (χ1v) is 27.6. The predicted molar refractivity (Wildman–Crippen MR) is 318 cm³/mol. The first-order valence-electron chi connectivity index (χ1n) is 27.6. The molecule has 2 atom stereocenters. The van der Waals surface area contributed by atoms with Crippen molar-refractivity contribution in [3.63, 3.8) is 0 Å².